The number of rotatable bonds is 6. The maximum absolute atomic E-state index is 5.22. The molecule has 3 nitrogen and oxygen atoms in total. The van der Waals surface area contributed by atoms with Crippen LogP contribution in [0.4, 0.5) is 0 Å². The van der Waals surface area contributed by atoms with Crippen LogP contribution in [0.3, 0.4) is 0 Å². The van der Waals surface area contributed by atoms with Gasteiger partial charge in [0.2, 0.25) is 0 Å². The van der Waals surface area contributed by atoms with E-state index in [1.165, 1.54) is 18.5 Å². The van der Waals surface area contributed by atoms with Gasteiger partial charge in [0.1, 0.15) is 5.75 Å². The molecule has 3 rings (SSSR count). The highest BCUT2D eigenvalue weighted by Gasteiger charge is 2.45. The lowest BCUT2D eigenvalue weighted by atomic mass is 9.63. The average molecular weight is 366 g/mol. The molecule has 0 aromatic heterocycles. The van der Waals surface area contributed by atoms with Crippen molar-refractivity contribution in [1.29, 1.82) is 0 Å². The summed E-state index contributed by atoms with van der Waals surface area (Å²) >= 11 is 0. The van der Waals surface area contributed by atoms with E-state index in [-0.39, 0.29) is 5.41 Å². The standard InChI is InChI=1S/C24H32N2O/c1-19-18-26(3)20(2)16-24(19,22-8-6-5-7-9-22)14-15-25-17-21-10-12-23(27-4)13-11-21/h5-13,17,19-20H,14-16,18H2,1-4H3/p+1/t19-,20-,24+/m1/s1. The Morgan fingerprint density at radius 2 is 1.81 bits per heavy atom. The normalized spacial score (nSPS) is 28.4. The van der Waals surface area contributed by atoms with Crippen LogP contribution < -0.4 is 9.64 Å². The Morgan fingerprint density at radius 3 is 2.48 bits per heavy atom. The second kappa shape index (κ2) is 8.71. The van der Waals surface area contributed by atoms with E-state index in [4.69, 9.17) is 9.73 Å². The molecule has 1 fully saturated rings. The molecule has 0 saturated carbocycles. The molecule has 1 saturated heterocycles. The van der Waals surface area contributed by atoms with Crippen molar-refractivity contribution in [1.82, 2.24) is 0 Å². The quantitative estimate of drug-likeness (QED) is 0.780. The molecule has 1 aliphatic heterocycles. The first-order valence-corrected chi connectivity index (χ1v) is 10.1. The molecule has 1 N–H and O–H groups in total. The number of nitrogens with zero attached hydrogens (tertiary/aromatic N) is 1. The van der Waals surface area contributed by atoms with Crippen LogP contribution in [0.2, 0.25) is 0 Å². The van der Waals surface area contributed by atoms with E-state index in [2.05, 4.69) is 63.4 Å². The number of methoxy groups -OCH3 is 1. The lowest BCUT2D eigenvalue weighted by Crippen LogP contribution is -3.15. The van der Waals surface area contributed by atoms with Crippen LogP contribution in [0, 0.1) is 5.92 Å². The average Bonchev–Trinajstić information content (AvgIpc) is 2.70. The summed E-state index contributed by atoms with van der Waals surface area (Å²) in [5, 5.41) is 0. The van der Waals surface area contributed by atoms with Crippen LogP contribution in [0.5, 0.6) is 5.75 Å². The van der Waals surface area contributed by atoms with Crippen LogP contribution in [0.25, 0.3) is 0 Å². The summed E-state index contributed by atoms with van der Waals surface area (Å²) in [6, 6.07) is 19.9. The van der Waals surface area contributed by atoms with Crippen LogP contribution in [0.1, 0.15) is 37.8 Å². The largest absolute Gasteiger partial charge is 0.497 e. The summed E-state index contributed by atoms with van der Waals surface area (Å²) in [5.74, 6) is 1.53. The number of quaternary nitrogens is 1. The van der Waals surface area contributed by atoms with Crippen molar-refractivity contribution in [2.24, 2.45) is 10.9 Å². The molecule has 0 amide bonds. The van der Waals surface area contributed by atoms with Gasteiger partial charge in [0.05, 0.1) is 26.7 Å². The Hall–Kier alpha value is -2.13. The first kappa shape index (κ1) is 19.6. The monoisotopic (exact) mass is 365 g/mol. The Bertz CT molecular complexity index is 741. The number of ether oxygens (including phenoxy) is 1. The minimum atomic E-state index is 0.220. The summed E-state index contributed by atoms with van der Waals surface area (Å²) in [4.78, 5) is 6.42. The predicted octanol–water partition coefficient (Wildman–Crippen LogP) is 3.39. The third-order valence-electron chi connectivity index (χ3n) is 6.48. The van der Waals surface area contributed by atoms with Crippen molar-refractivity contribution in [2.45, 2.75) is 38.1 Å². The maximum Gasteiger partial charge on any atom is 0.118 e. The van der Waals surface area contributed by atoms with Crippen molar-refractivity contribution < 1.29 is 9.64 Å². The van der Waals surface area contributed by atoms with Gasteiger partial charge in [-0.2, -0.15) is 0 Å². The summed E-state index contributed by atoms with van der Waals surface area (Å²) in [5.41, 5.74) is 2.83. The Balaban J connectivity index is 1.75. The third kappa shape index (κ3) is 4.41. The molecule has 1 unspecified atom stereocenters. The van der Waals surface area contributed by atoms with Gasteiger partial charge in [-0.15, -0.1) is 0 Å². The molecule has 2 aromatic rings. The van der Waals surface area contributed by atoms with Gasteiger partial charge in [0, 0.05) is 30.5 Å². The molecule has 3 heteroatoms. The molecule has 4 atom stereocenters. The van der Waals surface area contributed by atoms with E-state index >= 15 is 0 Å². The fraction of sp³-hybridized carbons (Fsp3) is 0.458. The zero-order chi connectivity index (χ0) is 19.3. The third-order valence-corrected chi connectivity index (χ3v) is 6.48. The molecular formula is C24H33N2O+. The lowest BCUT2D eigenvalue weighted by Gasteiger charge is -2.47. The zero-order valence-corrected chi connectivity index (χ0v) is 17.1. The highest BCUT2D eigenvalue weighted by molar-refractivity contribution is 5.79. The maximum atomic E-state index is 5.22. The molecule has 0 radical (unpaired) electrons. The van der Waals surface area contributed by atoms with Gasteiger partial charge < -0.3 is 9.64 Å². The number of aliphatic imine (C=N–C) groups is 1. The van der Waals surface area contributed by atoms with Crippen molar-refractivity contribution in [3.63, 3.8) is 0 Å². The Kier molecular flexibility index (Phi) is 6.33. The number of nitrogens with one attached hydrogen (secondary N) is 1. The zero-order valence-electron chi connectivity index (χ0n) is 17.1. The smallest absolute Gasteiger partial charge is 0.118 e. The molecule has 144 valence electrons. The highest BCUT2D eigenvalue weighted by Crippen LogP contribution is 2.41. The summed E-state index contributed by atoms with van der Waals surface area (Å²) in [6.45, 7) is 6.89. The second-order valence-electron chi connectivity index (χ2n) is 8.14. The number of benzene rings is 2. The van der Waals surface area contributed by atoms with Crippen molar-refractivity contribution in [3.8, 4) is 5.75 Å². The molecule has 2 aromatic carbocycles. The van der Waals surface area contributed by atoms with Crippen LogP contribution in [-0.2, 0) is 5.41 Å². The van der Waals surface area contributed by atoms with Crippen molar-refractivity contribution in [3.05, 3.63) is 65.7 Å². The van der Waals surface area contributed by atoms with Crippen LogP contribution in [0.15, 0.2) is 59.6 Å². The fourth-order valence-corrected chi connectivity index (χ4v) is 4.59. The van der Waals surface area contributed by atoms with E-state index in [1.54, 1.807) is 12.0 Å². The number of likely N-dealkylation sites (tertiary alicyclic amines) is 1. The number of piperidine rings is 1. The van der Waals surface area contributed by atoms with Crippen LogP contribution in [-0.4, -0.2) is 39.5 Å². The minimum absolute atomic E-state index is 0.220. The summed E-state index contributed by atoms with van der Waals surface area (Å²) in [6.07, 6.45) is 4.32. The second-order valence-corrected chi connectivity index (χ2v) is 8.14. The first-order chi connectivity index (χ1) is 13.0. The summed E-state index contributed by atoms with van der Waals surface area (Å²) in [7, 11) is 4.02. The Labute approximate surface area is 164 Å². The first-order valence-electron chi connectivity index (χ1n) is 10.1. The van der Waals surface area contributed by atoms with Gasteiger partial charge >= 0.3 is 0 Å². The van der Waals surface area contributed by atoms with Gasteiger partial charge in [0.25, 0.3) is 0 Å². The van der Waals surface area contributed by atoms with E-state index < -0.39 is 0 Å². The van der Waals surface area contributed by atoms with Crippen molar-refractivity contribution in [2.75, 3.05) is 27.2 Å². The van der Waals surface area contributed by atoms with E-state index in [9.17, 15) is 0 Å². The molecule has 0 spiro atoms. The van der Waals surface area contributed by atoms with Gasteiger partial charge in [0.15, 0.2) is 0 Å². The van der Waals surface area contributed by atoms with Crippen molar-refractivity contribution >= 4 is 6.21 Å². The van der Waals surface area contributed by atoms with Gasteiger partial charge in [-0.25, -0.2) is 0 Å². The molecule has 0 bridgehead atoms. The molecule has 1 aliphatic rings. The van der Waals surface area contributed by atoms with Gasteiger partial charge in [-0.05, 0) is 48.7 Å². The topological polar surface area (TPSA) is 26.0 Å². The van der Waals surface area contributed by atoms with Gasteiger partial charge in [-0.3, -0.25) is 4.99 Å². The fourth-order valence-electron chi connectivity index (χ4n) is 4.59. The molecule has 0 aliphatic carbocycles. The predicted molar refractivity (Wildman–Crippen MR) is 113 cm³/mol. The van der Waals surface area contributed by atoms with Gasteiger partial charge in [-0.1, -0.05) is 37.3 Å². The van der Waals surface area contributed by atoms with E-state index in [1.807, 2.05) is 18.3 Å². The molecular weight excluding hydrogens is 332 g/mol. The number of hydrogen-bond donors (Lipinski definition) is 1. The SMILES string of the molecule is COc1ccc(C=NCC[C@]2(c3ccccc3)C[C@@H](C)[NH+](C)C[C@H]2C)cc1. The van der Waals surface area contributed by atoms with Crippen LogP contribution >= 0.6 is 0 Å². The molecule has 27 heavy (non-hydrogen) atoms. The molecule has 1 heterocycles. The summed E-state index contributed by atoms with van der Waals surface area (Å²) < 4.78 is 5.22. The Morgan fingerprint density at radius 1 is 1.11 bits per heavy atom. The minimum Gasteiger partial charge on any atom is -0.497 e. The highest BCUT2D eigenvalue weighted by atomic mass is 16.5. The van der Waals surface area contributed by atoms with E-state index in [0.717, 1.165) is 24.3 Å². The number of hydrogen-bond acceptors (Lipinski definition) is 2. The van der Waals surface area contributed by atoms with E-state index in [0.29, 0.717) is 12.0 Å². The lowest BCUT2D eigenvalue weighted by molar-refractivity contribution is -0.915.